The Morgan fingerprint density at radius 1 is 1.64 bits per heavy atom. The minimum atomic E-state index is -0.205. The van der Waals surface area contributed by atoms with Crippen LogP contribution in [0.1, 0.15) is 43.0 Å². The summed E-state index contributed by atoms with van der Waals surface area (Å²) in [6.45, 7) is 5.40. The van der Waals surface area contributed by atoms with Crippen molar-refractivity contribution in [3.8, 4) is 0 Å². The van der Waals surface area contributed by atoms with Crippen molar-refractivity contribution in [2.45, 2.75) is 39.0 Å². The highest BCUT2D eigenvalue weighted by atomic mass is 32.1. The Labute approximate surface area is 133 Å². The topological polar surface area (TPSA) is 69.0 Å². The molecule has 1 saturated heterocycles. The van der Waals surface area contributed by atoms with Gasteiger partial charge in [0.15, 0.2) is 0 Å². The van der Waals surface area contributed by atoms with Crippen LogP contribution in [-0.2, 0) is 16.1 Å². The van der Waals surface area contributed by atoms with E-state index < -0.39 is 0 Å². The molecule has 0 unspecified atom stereocenters. The second kappa shape index (κ2) is 6.58. The predicted molar refractivity (Wildman–Crippen MR) is 83.4 cm³/mol. The van der Waals surface area contributed by atoms with Crippen LogP contribution in [0.25, 0.3) is 0 Å². The van der Waals surface area contributed by atoms with E-state index >= 15 is 0 Å². The molecule has 1 aliphatic heterocycles. The fourth-order valence-electron chi connectivity index (χ4n) is 2.72. The van der Waals surface area contributed by atoms with Crippen LogP contribution in [0.2, 0.25) is 0 Å². The molecular formula is C15H20N4O2S. The van der Waals surface area contributed by atoms with Crippen LogP contribution in [0, 0.1) is 5.92 Å². The number of rotatable bonds is 5. The number of thiazole rings is 1. The van der Waals surface area contributed by atoms with Crippen molar-refractivity contribution in [1.29, 1.82) is 0 Å². The summed E-state index contributed by atoms with van der Waals surface area (Å²) in [7, 11) is 0. The molecule has 7 heteroatoms. The Morgan fingerprint density at radius 3 is 3.18 bits per heavy atom. The number of aromatic nitrogens is 3. The zero-order valence-electron chi connectivity index (χ0n) is 12.7. The van der Waals surface area contributed by atoms with Gasteiger partial charge in [-0.05, 0) is 20.3 Å². The smallest absolute Gasteiger partial charge is 0.226 e. The lowest BCUT2D eigenvalue weighted by Crippen LogP contribution is -2.34. The highest BCUT2D eigenvalue weighted by Crippen LogP contribution is 2.35. The van der Waals surface area contributed by atoms with Gasteiger partial charge < -0.3 is 10.1 Å². The summed E-state index contributed by atoms with van der Waals surface area (Å²) < 4.78 is 7.63. The van der Waals surface area contributed by atoms with Gasteiger partial charge in [-0.25, -0.2) is 4.98 Å². The van der Waals surface area contributed by atoms with E-state index in [1.807, 2.05) is 30.1 Å². The summed E-state index contributed by atoms with van der Waals surface area (Å²) in [5.41, 5.74) is 0.974. The molecule has 0 bridgehead atoms. The summed E-state index contributed by atoms with van der Waals surface area (Å²) in [4.78, 5) is 16.8. The molecule has 2 aromatic rings. The summed E-state index contributed by atoms with van der Waals surface area (Å²) >= 11 is 1.55. The van der Waals surface area contributed by atoms with Gasteiger partial charge in [0, 0.05) is 36.5 Å². The Kier molecular flexibility index (Phi) is 4.54. The first-order chi connectivity index (χ1) is 10.7. The number of nitrogens with zero attached hydrogens (tertiary/aromatic N) is 3. The third kappa shape index (κ3) is 3.05. The molecule has 22 heavy (non-hydrogen) atoms. The lowest BCUT2D eigenvalue weighted by atomic mass is 9.96. The van der Waals surface area contributed by atoms with Crippen LogP contribution in [0.4, 0.5) is 0 Å². The lowest BCUT2D eigenvalue weighted by Gasteiger charge is -2.19. The van der Waals surface area contributed by atoms with Crippen molar-refractivity contribution in [3.05, 3.63) is 34.5 Å². The molecule has 0 aromatic carbocycles. The summed E-state index contributed by atoms with van der Waals surface area (Å²) in [5.74, 6) is -0.147. The number of hydrogen-bond acceptors (Lipinski definition) is 5. The van der Waals surface area contributed by atoms with Crippen LogP contribution in [0.5, 0.6) is 0 Å². The van der Waals surface area contributed by atoms with E-state index in [-0.39, 0.29) is 24.0 Å². The number of ether oxygens (including phenoxy) is 1. The minimum Gasteiger partial charge on any atom is -0.373 e. The van der Waals surface area contributed by atoms with Gasteiger partial charge in [0.2, 0.25) is 5.91 Å². The zero-order chi connectivity index (χ0) is 15.5. The van der Waals surface area contributed by atoms with Gasteiger partial charge in [-0.2, -0.15) is 5.10 Å². The van der Waals surface area contributed by atoms with Crippen LogP contribution < -0.4 is 5.32 Å². The van der Waals surface area contributed by atoms with Crippen LogP contribution in [0.3, 0.4) is 0 Å². The molecule has 1 N–H and O–H groups in total. The van der Waals surface area contributed by atoms with Gasteiger partial charge in [-0.1, -0.05) is 0 Å². The molecule has 118 valence electrons. The maximum atomic E-state index is 12.6. The van der Waals surface area contributed by atoms with Crippen molar-refractivity contribution < 1.29 is 9.53 Å². The van der Waals surface area contributed by atoms with Gasteiger partial charge in [-0.3, -0.25) is 9.48 Å². The molecule has 0 aliphatic carbocycles. The van der Waals surface area contributed by atoms with E-state index in [4.69, 9.17) is 4.74 Å². The number of carbonyl (C=O) groups excluding carboxylic acids is 1. The van der Waals surface area contributed by atoms with Gasteiger partial charge in [0.05, 0.1) is 24.3 Å². The first-order valence-electron chi connectivity index (χ1n) is 7.52. The van der Waals surface area contributed by atoms with Crippen LogP contribution in [-0.4, -0.2) is 27.3 Å². The van der Waals surface area contributed by atoms with E-state index in [2.05, 4.69) is 15.4 Å². The highest BCUT2D eigenvalue weighted by Gasteiger charge is 2.36. The minimum absolute atomic E-state index is 0.0226. The summed E-state index contributed by atoms with van der Waals surface area (Å²) in [6, 6.07) is -0.0767. The Morgan fingerprint density at radius 2 is 2.50 bits per heavy atom. The largest absolute Gasteiger partial charge is 0.373 e. The molecular weight excluding hydrogens is 300 g/mol. The van der Waals surface area contributed by atoms with Crippen molar-refractivity contribution in [2.24, 2.45) is 5.92 Å². The van der Waals surface area contributed by atoms with Gasteiger partial charge in [0.1, 0.15) is 5.01 Å². The highest BCUT2D eigenvalue weighted by molar-refractivity contribution is 7.09. The predicted octanol–water partition coefficient (Wildman–Crippen LogP) is 2.31. The molecule has 3 atom stereocenters. The van der Waals surface area contributed by atoms with Gasteiger partial charge in [-0.15, -0.1) is 11.3 Å². The molecule has 0 radical (unpaired) electrons. The van der Waals surface area contributed by atoms with E-state index in [1.54, 1.807) is 23.7 Å². The lowest BCUT2D eigenvalue weighted by molar-refractivity contribution is -0.127. The second-order valence-electron chi connectivity index (χ2n) is 5.42. The zero-order valence-corrected chi connectivity index (χ0v) is 13.5. The van der Waals surface area contributed by atoms with Crippen molar-refractivity contribution in [2.75, 3.05) is 6.61 Å². The van der Waals surface area contributed by atoms with Gasteiger partial charge in [0.25, 0.3) is 0 Å². The maximum absolute atomic E-state index is 12.6. The molecule has 6 nitrogen and oxygen atoms in total. The van der Waals surface area contributed by atoms with Crippen LogP contribution in [0.15, 0.2) is 24.0 Å². The monoisotopic (exact) mass is 320 g/mol. The molecule has 2 aromatic heterocycles. The first kappa shape index (κ1) is 15.2. The third-order valence-electron chi connectivity index (χ3n) is 3.91. The standard InChI is InChI=1S/C15H20N4O2S/c1-3-19-9-11(8-17-19)13-12(4-6-21-13)14(20)18-10(2)15-16-5-7-22-15/h5,7-10,12-13H,3-4,6H2,1-2H3,(H,18,20)/t10-,12-,13+/m0/s1. The third-order valence-corrected chi connectivity index (χ3v) is 4.87. The maximum Gasteiger partial charge on any atom is 0.226 e. The van der Waals surface area contributed by atoms with E-state index in [0.717, 1.165) is 23.5 Å². The average Bonchev–Trinajstić information content (AvgIpc) is 3.25. The summed E-state index contributed by atoms with van der Waals surface area (Å²) in [5, 5.41) is 10.2. The first-order valence-corrected chi connectivity index (χ1v) is 8.40. The average molecular weight is 320 g/mol. The SMILES string of the molecule is CCn1cc([C@H]2OCC[C@@H]2C(=O)N[C@@H](C)c2nccs2)cn1. The van der Waals surface area contributed by atoms with E-state index in [9.17, 15) is 4.79 Å². The molecule has 0 spiro atoms. The van der Waals surface area contributed by atoms with Gasteiger partial charge >= 0.3 is 0 Å². The Balaban J connectivity index is 1.68. The fraction of sp³-hybridized carbons (Fsp3) is 0.533. The van der Waals surface area contributed by atoms with Crippen molar-refractivity contribution in [3.63, 3.8) is 0 Å². The molecule has 1 fully saturated rings. The second-order valence-corrected chi connectivity index (χ2v) is 6.34. The number of hydrogen-bond donors (Lipinski definition) is 1. The number of nitrogens with one attached hydrogen (secondary N) is 1. The molecule has 1 amide bonds. The normalized spacial score (nSPS) is 22.6. The number of amides is 1. The van der Waals surface area contributed by atoms with Crippen molar-refractivity contribution in [1.82, 2.24) is 20.1 Å². The number of aryl methyl sites for hydroxylation is 1. The summed E-state index contributed by atoms with van der Waals surface area (Å²) in [6.07, 6.45) is 6.04. The Hall–Kier alpha value is -1.73. The number of carbonyl (C=O) groups is 1. The van der Waals surface area contributed by atoms with E-state index in [0.29, 0.717) is 6.61 Å². The molecule has 0 saturated carbocycles. The quantitative estimate of drug-likeness (QED) is 0.918. The molecule has 3 heterocycles. The molecule has 3 rings (SSSR count). The molecule has 1 aliphatic rings. The fourth-order valence-corrected chi connectivity index (χ4v) is 3.36. The van der Waals surface area contributed by atoms with Crippen LogP contribution >= 0.6 is 11.3 Å². The Bertz CT molecular complexity index is 625. The van der Waals surface area contributed by atoms with Crippen molar-refractivity contribution >= 4 is 17.2 Å². The van der Waals surface area contributed by atoms with E-state index in [1.165, 1.54) is 0 Å².